The van der Waals surface area contributed by atoms with E-state index >= 15 is 0 Å². The van der Waals surface area contributed by atoms with E-state index in [0.29, 0.717) is 69.6 Å². The van der Waals surface area contributed by atoms with Gasteiger partial charge in [0, 0.05) is 31.9 Å². The molecule has 4 aromatic rings. The number of pyridine rings is 1. The summed E-state index contributed by atoms with van der Waals surface area (Å²) in [6.45, 7) is 4.59. The fraction of sp³-hybridized carbons (Fsp3) is 0.257. The number of piperidine rings is 1. The van der Waals surface area contributed by atoms with Gasteiger partial charge in [-0.2, -0.15) is 5.26 Å². The number of amides is 5. The molecule has 2 aromatic heterocycles. The Morgan fingerprint density at radius 3 is 2.67 bits per heavy atom. The van der Waals surface area contributed by atoms with Gasteiger partial charge in [0.25, 0.3) is 11.8 Å². The first-order valence-corrected chi connectivity index (χ1v) is 16.3. The van der Waals surface area contributed by atoms with Gasteiger partial charge in [0.1, 0.15) is 32.8 Å². The standard InChI is InChI=1S/C35H31N7O5S/c1-20-15-24(47-23-8-4-3-5-9-23)10-11-25(20)42-26-12-13-37-31-27(26)28(40-34(42)46)29(48-31)30(43)39-22-7-6-14-41(18-22)32(44)21(17-36)16-35(2)19-38-33(35)45/h3-5,8-13,15-16,22H,6-7,14,18-19H2,1-2H3,(H,38,45)(H,39,43)(H,40,46). The Morgan fingerprint density at radius 2 is 1.96 bits per heavy atom. The summed E-state index contributed by atoms with van der Waals surface area (Å²) in [5, 5.41) is 19.0. The number of nitrogens with zero attached hydrogens (tertiary/aromatic N) is 4. The number of thiophene rings is 1. The number of ether oxygens (including phenoxy) is 1. The van der Waals surface area contributed by atoms with Crippen molar-refractivity contribution in [2.45, 2.75) is 32.7 Å². The molecular weight excluding hydrogens is 630 g/mol. The molecule has 0 bridgehead atoms. The van der Waals surface area contributed by atoms with Crippen LogP contribution in [0.15, 0.2) is 72.4 Å². The number of hydrogen-bond acceptors (Lipinski definition) is 8. The lowest BCUT2D eigenvalue weighted by Crippen LogP contribution is -2.56. The van der Waals surface area contributed by atoms with Gasteiger partial charge < -0.3 is 25.6 Å². The first-order chi connectivity index (χ1) is 23.1. The lowest BCUT2D eigenvalue weighted by atomic mass is 9.81. The first kappa shape index (κ1) is 30.9. The molecule has 48 heavy (non-hydrogen) atoms. The number of aromatic nitrogens is 1. The minimum atomic E-state index is -0.890. The molecular formula is C35H31N7O5S. The lowest BCUT2D eigenvalue weighted by molar-refractivity contribution is -0.135. The van der Waals surface area contributed by atoms with Crippen molar-refractivity contribution < 1.29 is 23.9 Å². The van der Waals surface area contributed by atoms with E-state index in [1.807, 2.05) is 55.5 Å². The fourth-order valence-corrected chi connectivity index (χ4v) is 7.29. The van der Waals surface area contributed by atoms with Crippen LogP contribution >= 0.6 is 11.3 Å². The minimum Gasteiger partial charge on any atom is -0.457 e. The van der Waals surface area contributed by atoms with E-state index in [9.17, 15) is 24.4 Å². The van der Waals surface area contributed by atoms with Crippen molar-refractivity contribution in [3.63, 3.8) is 0 Å². The fourth-order valence-electron chi connectivity index (χ4n) is 6.27. The molecule has 3 aliphatic rings. The van der Waals surface area contributed by atoms with Crippen LogP contribution in [0.1, 0.15) is 35.0 Å². The van der Waals surface area contributed by atoms with Crippen molar-refractivity contribution in [2.24, 2.45) is 5.41 Å². The summed E-state index contributed by atoms with van der Waals surface area (Å²) >= 11 is 1.18. The van der Waals surface area contributed by atoms with E-state index in [-0.39, 0.29) is 30.0 Å². The molecule has 3 aliphatic heterocycles. The summed E-state index contributed by atoms with van der Waals surface area (Å²) in [5.74, 6) is 0.257. The summed E-state index contributed by atoms with van der Waals surface area (Å²) in [6, 6.07) is 17.9. The quantitative estimate of drug-likeness (QED) is 0.136. The highest BCUT2D eigenvalue weighted by molar-refractivity contribution is 7.21. The van der Waals surface area contributed by atoms with Crippen molar-refractivity contribution in [1.29, 1.82) is 5.26 Å². The normalized spacial score (nSPS) is 20.4. The monoisotopic (exact) mass is 661 g/mol. The van der Waals surface area contributed by atoms with Crippen LogP contribution in [0.3, 0.4) is 0 Å². The predicted octanol–water partition coefficient (Wildman–Crippen LogP) is 5.39. The third-order valence-electron chi connectivity index (χ3n) is 8.83. The lowest BCUT2D eigenvalue weighted by Gasteiger charge is -2.36. The average molecular weight is 662 g/mol. The minimum absolute atomic E-state index is 0.0901. The van der Waals surface area contributed by atoms with E-state index in [0.717, 1.165) is 5.56 Å². The van der Waals surface area contributed by atoms with Gasteiger partial charge in [-0.25, -0.2) is 9.78 Å². The molecule has 2 unspecified atom stereocenters. The third-order valence-corrected chi connectivity index (χ3v) is 9.93. The topological polar surface area (TPSA) is 157 Å². The van der Waals surface area contributed by atoms with Crippen LogP contribution in [0.25, 0.3) is 10.2 Å². The van der Waals surface area contributed by atoms with Gasteiger partial charge in [0.15, 0.2) is 0 Å². The van der Waals surface area contributed by atoms with Gasteiger partial charge in [-0.15, -0.1) is 11.3 Å². The second-order valence-corrected chi connectivity index (χ2v) is 13.3. The largest absolute Gasteiger partial charge is 0.457 e. The number of hydrogen-bond donors (Lipinski definition) is 3. The SMILES string of the molecule is Cc1cc(Oc2ccccc2)ccc1N1C(=O)Nc2c(C(=O)NC3CCCN(C(=O)C(C#N)=CC4(C)CNC4=O)C3)sc3nccc1c23. The van der Waals surface area contributed by atoms with Crippen LogP contribution in [-0.2, 0) is 9.59 Å². The molecule has 0 aliphatic carbocycles. The van der Waals surface area contributed by atoms with Crippen LogP contribution in [0.4, 0.5) is 21.9 Å². The Balaban J connectivity index is 1.11. The van der Waals surface area contributed by atoms with Crippen molar-refractivity contribution in [3.8, 4) is 17.6 Å². The second kappa shape index (κ2) is 12.1. The molecule has 2 fully saturated rings. The highest BCUT2D eigenvalue weighted by Crippen LogP contribution is 2.46. The predicted molar refractivity (Wildman–Crippen MR) is 180 cm³/mol. The van der Waals surface area contributed by atoms with E-state index in [4.69, 9.17) is 4.74 Å². The van der Waals surface area contributed by atoms with Gasteiger partial charge in [0.2, 0.25) is 5.91 Å². The highest BCUT2D eigenvalue weighted by atomic mass is 32.1. The number of β-lactam (4-membered cyclic amide) rings is 1. The Hall–Kier alpha value is -5.74. The zero-order valence-corrected chi connectivity index (χ0v) is 27.0. The number of carbonyl (C=O) groups excluding carboxylic acids is 4. The molecule has 0 radical (unpaired) electrons. The molecule has 242 valence electrons. The van der Waals surface area contributed by atoms with E-state index < -0.39 is 17.4 Å². The summed E-state index contributed by atoms with van der Waals surface area (Å²) in [4.78, 5) is 61.1. The zero-order valence-electron chi connectivity index (χ0n) is 26.2. The van der Waals surface area contributed by atoms with Gasteiger partial charge in [0.05, 0.1) is 27.9 Å². The molecule has 0 spiro atoms. The third kappa shape index (κ3) is 5.50. The van der Waals surface area contributed by atoms with Gasteiger partial charge in [-0.05, 0) is 74.7 Å². The smallest absolute Gasteiger partial charge is 0.331 e. The molecule has 2 atom stereocenters. The van der Waals surface area contributed by atoms with E-state index in [1.165, 1.54) is 22.3 Å². The van der Waals surface area contributed by atoms with Crippen LogP contribution in [0.5, 0.6) is 11.5 Å². The summed E-state index contributed by atoms with van der Waals surface area (Å²) in [6.07, 6.45) is 4.31. The van der Waals surface area contributed by atoms with Crippen molar-refractivity contribution in [1.82, 2.24) is 20.5 Å². The van der Waals surface area contributed by atoms with E-state index in [1.54, 1.807) is 30.2 Å². The van der Waals surface area contributed by atoms with Crippen molar-refractivity contribution in [3.05, 3.63) is 82.9 Å². The molecule has 13 heteroatoms. The number of urea groups is 1. The number of aryl methyl sites for hydroxylation is 1. The maximum Gasteiger partial charge on any atom is 0.331 e. The number of carbonyl (C=O) groups is 4. The average Bonchev–Trinajstić information content (AvgIpc) is 3.46. The molecule has 2 saturated heterocycles. The Bertz CT molecular complexity index is 2070. The van der Waals surface area contributed by atoms with Crippen molar-refractivity contribution >= 4 is 62.4 Å². The Kier molecular flexibility index (Phi) is 7.80. The summed E-state index contributed by atoms with van der Waals surface area (Å²) < 4.78 is 5.98. The van der Waals surface area contributed by atoms with Gasteiger partial charge in [-0.1, -0.05) is 18.2 Å². The van der Waals surface area contributed by atoms with Gasteiger partial charge >= 0.3 is 6.03 Å². The molecule has 7 rings (SSSR count). The molecule has 0 saturated carbocycles. The zero-order chi connectivity index (χ0) is 33.6. The summed E-state index contributed by atoms with van der Waals surface area (Å²) in [5.41, 5.74) is 1.49. The molecule has 2 aromatic carbocycles. The van der Waals surface area contributed by atoms with Gasteiger partial charge in [-0.3, -0.25) is 19.3 Å². The van der Waals surface area contributed by atoms with Crippen LogP contribution < -0.4 is 25.6 Å². The van der Waals surface area contributed by atoms with Crippen LogP contribution in [-0.4, -0.2) is 59.3 Å². The highest BCUT2D eigenvalue weighted by Gasteiger charge is 2.41. The maximum atomic E-state index is 13.7. The van der Waals surface area contributed by atoms with E-state index in [2.05, 4.69) is 20.9 Å². The second-order valence-electron chi connectivity index (χ2n) is 12.3. The number of nitriles is 1. The Morgan fingerprint density at radius 1 is 1.15 bits per heavy atom. The number of anilines is 3. The van der Waals surface area contributed by atoms with Crippen molar-refractivity contribution in [2.75, 3.05) is 29.9 Å². The van der Waals surface area contributed by atoms with Crippen LogP contribution in [0, 0.1) is 23.7 Å². The number of rotatable bonds is 7. The molecule has 12 nitrogen and oxygen atoms in total. The Labute approximate surface area is 280 Å². The molecule has 5 amide bonds. The summed E-state index contributed by atoms with van der Waals surface area (Å²) in [7, 11) is 0. The van der Waals surface area contributed by atoms with Crippen LogP contribution in [0.2, 0.25) is 0 Å². The molecule has 5 heterocycles. The number of nitrogens with one attached hydrogen (secondary N) is 3. The number of likely N-dealkylation sites (tertiary alicyclic amines) is 1. The number of para-hydroxylation sites is 1. The molecule has 3 N–H and O–H groups in total. The first-order valence-electron chi connectivity index (χ1n) is 15.5. The number of benzene rings is 2. The maximum absolute atomic E-state index is 13.7.